The smallest absolute Gasteiger partial charge is 0.339 e. The first-order valence-electron chi connectivity index (χ1n) is 4.96. The largest absolute Gasteiger partial charge is 0.464 e. The van der Waals surface area contributed by atoms with Gasteiger partial charge in [0.05, 0.1) is 12.2 Å². The summed E-state index contributed by atoms with van der Waals surface area (Å²) in [6, 6.07) is 0. The van der Waals surface area contributed by atoms with Crippen molar-refractivity contribution in [3.63, 3.8) is 0 Å². The molecule has 0 aliphatic heterocycles. The molecule has 0 rings (SSSR count). The Bertz CT molecular complexity index is 287. The molecule has 16 heavy (non-hydrogen) atoms. The number of ether oxygens (including phenoxy) is 2. The molecule has 5 nitrogen and oxygen atoms in total. The van der Waals surface area contributed by atoms with Crippen LogP contribution < -0.4 is 0 Å². The zero-order valence-electron chi connectivity index (χ0n) is 10.1. The molecule has 0 fully saturated rings. The predicted octanol–water partition coefficient (Wildman–Crippen LogP) is 0.808. The van der Waals surface area contributed by atoms with Crippen LogP contribution in [0.2, 0.25) is 0 Å². The van der Waals surface area contributed by atoms with Gasteiger partial charge in [0, 0.05) is 0 Å². The summed E-state index contributed by atoms with van der Waals surface area (Å²) in [4.78, 5) is 22.5. The molecule has 0 aromatic rings. The lowest BCUT2D eigenvalue weighted by atomic mass is 10.1. The standard InChI is InChI=1S/C11H18O5/c1-6-15-10(14)8(12)7(2)9(13)16-11(3,4)5/h8,12H,2,6H2,1,3-5H3. The number of hydrogen-bond donors (Lipinski definition) is 1. The zero-order valence-corrected chi connectivity index (χ0v) is 10.1. The number of rotatable bonds is 4. The molecule has 1 atom stereocenters. The van der Waals surface area contributed by atoms with Crippen LogP contribution in [0.5, 0.6) is 0 Å². The molecule has 0 bridgehead atoms. The average Bonchev–Trinajstić information content (AvgIpc) is 2.13. The topological polar surface area (TPSA) is 72.8 Å². The molecule has 5 heteroatoms. The van der Waals surface area contributed by atoms with Crippen LogP contribution in [-0.2, 0) is 19.1 Å². The minimum Gasteiger partial charge on any atom is -0.464 e. The van der Waals surface area contributed by atoms with Crippen LogP contribution in [0.4, 0.5) is 0 Å². The van der Waals surface area contributed by atoms with Crippen LogP contribution in [0.3, 0.4) is 0 Å². The quantitative estimate of drug-likeness (QED) is 0.571. The van der Waals surface area contributed by atoms with Crippen molar-refractivity contribution in [3.05, 3.63) is 12.2 Å². The van der Waals surface area contributed by atoms with Crippen LogP contribution in [0.25, 0.3) is 0 Å². The maximum atomic E-state index is 11.4. The number of hydrogen-bond acceptors (Lipinski definition) is 5. The minimum absolute atomic E-state index is 0.123. The van der Waals surface area contributed by atoms with Gasteiger partial charge < -0.3 is 14.6 Å². The number of esters is 2. The van der Waals surface area contributed by atoms with Crippen molar-refractivity contribution in [2.24, 2.45) is 0 Å². The fourth-order valence-electron chi connectivity index (χ4n) is 0.819. The molecule has 0 saturated carbocycles. The van der Waals surface area contributed by atoms with Gasteiger partial charge in [-0.2, -0.15) is 0 Å². The van der Waals surface area contributed by atoms with Crippen molar-refractivity contribution in [2.75, 3.05) is 6.61 Å². The first-order chi connectivity index (χ1) is 7.19. The highest BCUT2D eigenvalue weighted by atomic mass is 16.6. The molecule has 0 aromatic heterocycles. The molecule has 0 saturated heterocycles. The van der Waals surface area contributed by atoms with Crippen molar-refractivity contribution >= 4 is 11.9 Å². The third kappa shape index (κ3) is 4.93. The van der Waals surface area contributed by atoms with Crippen molar-refractivity contribution in [2.45, 2.75) is 39.4 Å². The summed E-state index contributed by atoms with van der Waals surface area (Å²) in [6.45, 7) is 10.1. The molecule has 1 N–H and O–H groups in total. The Morgan fingerprint density at radius 1 is 1.38 bits per heavy atom. The molecule has 92 valence electrons. The highest BCUT2D eigenvalue weighted by molar-refractivity contribution is 5.96. The Balaban J connectivity index is 4.45. The summed E-state index contributed by atoms with van der Waals surface area (Å²) in [5.41, 5.74) is -1.03. The maximum Gasteiger partial charge on any atom is 0.339 e. The van der Waals surface area contributed by atoms with Crippen molar-refractivity contribution in [3.8, 4) is 0 Å². The normalized spacial score (nSPS) is 12.8. The predicted molar refractivity (Wildman–Crippen MR) is 57.6 cm³/mol. The van der Waals surface area contributed by atoms with Crippen LogP contribution in [0.15, 0.2) is 12.2 Å². The number of aliphatic hydroxyl groups excluding tert-OH is 1. The van der Waals surface area contributed by atoms with E-state index in [1.807, 2.05) is 0 Å². The fraction of sp³-hybridized carbons (Fsp3) is 0.636. The summed E-state index contributed by atoms with van der Waals surface area (Å²) in [5.74, 6) is -1.72. The maximum absolute atomic E-state index is 11.4. The van der Waals surface area contributed by atoms with Gasteiger partial charge in [-0.15, -0.1) is 0 Å². The Morgan fingerprint density at radius 3 is 2.25 bits per heavy atom. The second-order valence-corrected chi connectivity index (χ2v) is 4.18. The molecular weight excluding hydrogens is 212 g/mol. The lowest BCUT2D eigenvalue weighted by Gasteiger charge is -2.21. The van der Waals surface area contributed by atoms with E-state index in [1.165, 1.54) is 0 Å². The Morgan fingerprint density at radius 2 is 1.88 bits per heavy atom. The van der Waals surface area contributed by atoms with Crippen LogP contribution in [0.1, 0.15) is 27.7 Å². The number of carbonyl (C=O) groups is 2. The van der Waals surface area contributed by atoms with E-state index < -0.39 is 23.6 Å². The van der Waals surface area contributed by atoms with Crippen molar-refractivity contribution < 1.29 is 24.2 Å². The molecule has 0 aromatic carbocycles. The van der Waals surface area contributed by atoms with Crippen LogP contribution in [-0.4, -0.2) is 35.4 Å². The molecule has 0 aliphatic carbocycles. The third-order valence-electron chi connectivity index (χ3n) is 1.50. The second kappa shape index (κ2) is 5.65. The zero-order chi connectivity index (χ0) is 12.9. The van der Waals surface area contributed by atoms with Gasteiger partial charge in [-0.25, -0.2) is 9.59 Å². The van der Waals surface area contributed by atoms with Gasteiger partial charge in [0.1, 0.15) is 5.60 Å². The Kier molecular flexibility index (Phi) is 5.17. The molecule has 0 aliphatic rings. The van der Waals surface area contributed by atoms with Gasteiger partial charge in [-0.3, -0.25) is 0 Å². The Hall–Kier alpha value is -1.36. The highest BCUT2D eigenvalue weighted by Crippen LogP contribution is 2.12. The van der Waals surface area contributed by atoms with Gasteiger partial charge in [-0.1, -0.05) is 6.58 Å². The van der Waals surface area contributed by atoms with Gasteiger partial charge in [-0.05, 0) is 27.7 Å². The highest BCUT2D eigenvalue weighted by Gasteiger charge is 2.28. The van der Waals surface area contributed by atoms with E-state index >= 15 is 0 Å². The average molecular weight is 230 g/mol. The van der Waals surface area contributed by atoms with E-state index in [0.717, 1.165) is 0 Å². The summed E-state index contributed by atoms with van der Waals surface area (Å²) < 4.78 is 9.49. The fourth-order valence-corrected chi connectivity index (χ4v) is 0.819. The van der Waals surface area contributed by atoms with Crippen molar-refractivity contribution in [1.82, 2.24) is 0 Å². The van der Waals surface area contributed by atoms with Gasteiger partial charge >= 0.3 is 11.9 Å². The molecule has 1 unspecified atom stereocenters. The Labute approximate surface area is 95.0 Å². The van der Waals surface area contributed by atoms with Gasteiger partial charge in [0.15, 0.2) is 6.10 Å². The van der Waals surface area contributed by atoms with Crippen LogP contribution in [0, 0.1) is 0 Å². The lowest BCUT2D eigenvalue weighted by molar-refractivity contribution is -0.158. The molecule has 0 amide bonds. The summed E-state index contributed by atoms with van der Waals surface area (Å²) in [7, 11) is 0. The SMILES string of the molecule is C=C(C(=O)OC(C)(C)C)C(O)C(=O)OCC. The molecular formula is C11H18O5. The summed E-state index contributed by atoms with van der Waals surface area (Å²) >= 11 is 0. The molecule has 0 heterocycles. The van der Waals surface area contributed by atoms with Crippen molar-refractivity contribution in [1.29, 1.82) is 0 Å². The van der Waals surface area contributed by atoms with E-state index in [2.05, 4.69) is 11.3 Å². The number of carbonyl (C=O) groups excluding carboxylic acids is 2. The first-order valence-corrected chi connectivity index (χ1v) is 4.96. The van der Waals surface area contributed by atoms with E-state index in [4.69, 9.17) is 4.74 Å². The van der Waals surface area contributed by atoms with E-state index in [-0.39, 0.29) is 12.2 Å². The van der Waals surface area contributed by atoms with Crippen LogP contribution >= 0.6 is 0 Å². The summed E-state index contributed by atoms with van der Waals surface area (Å²) in [6.07, 6.45) is -1.67. The number of aliphatic hydroxyl groups is 1. The summed E-state index contributed by atoms with van der Waals surface area (Å²) in [5, 5.41) is 9.41. The first kappa shape index (κ1) is 14.6. The van der Waals surface area contributed by atoms with Gasteiger partial charge in [0.25, 0.3) is 0 Å². The van der Waals surface area contributed by atoms with Gasteiger partial charge in [0.2, 0.25) is 0 Å². The van der Waals surface area contributed by atoms with E-state index in [1.54, 1.807) is 27.7 Å². The minimum atomic E-state index is -1.67. The third-order valence-corrected chi connectivity index (χ3v) is 1.50. The molecule has 0 radical (unpaired) electrons. The monoisotopic (exact) mass is 230 g/mol. The van der Waals surface area contributed by atoms with E-state index in [0.29, 0.717) is 0 Å². The molecule has 0 spiro atoms. The second-order valence-electron chi connectivity index (χ2n) is 4.18. The lowest BCUT2D eigenvalue weighted by Crippen LogP contribution is -2.33. The van der Waals surface area contributed by atoms with E-state index in [9.17, 15) is 14.7 Å².